The zero-order valence-corrected chi connectivity index (χ0v) is 11.0. The van der Waals surface area contributed by atoms with Crippen LogP contribution in [-0.4, -0.2) is 34.1 Å². The summed E-state index contributed by atoms with van der Waals surface area (Å²) in [6.07, 6.45) is -3.83. The summed E-state index contributed by atoms with van der Waals surface area (Å²) in [7, 11) is 0. The minimum atomic E-state index is -4.56. The van der Waals surface area contributed by atoms with Crippen molar-refractivity contribution < 1.29 is 27.9 Å². The number of halogens is 3. The lowest BCUT2D eigenvalue weighted by Crippen LogP contribution is -2.48. The van der Waals surface area contributed by atoms with Crippen molar-refractivity contribution in [1.82, 2.24) is 10.3 Å². The van der Waals surface area contributed by atoms with Crippen molar-refractivity contribution in [3.05, 3.63) is 29.6 Å². The minimum absolute atomic E-state index is 0.196. The zero-order chi connectivity index (χ0) is 16.2. The van der Waals surface area contributed by atoms with E-state index < -0.39 is 35.8 Å². The van der Waals surface area contributed by atoms with Crippen LogP contribution >= 0.6 is 0 Å². The van der Waals surface area contributed by atoms with E-state index in [0.717, 1.165) is 18.3 Å². The number of hydrogen-bond donors (Lipinski definition) is 3. The minimum Gasteiger partial charge on any atom is -0.480 e. The highest BCUT2D eigenvalue weighted by Crippen LogP contribution is 2.27. The lowest BCUT2D eigenvalue weighted by atomic mass is 10.1. The van der Waals surface area contributed by atoms with Crippen LogP contribution in [0, 0.1) is 0 Å². The molecule has 6 nitrogen and oxygen atoms in total. The smallest absolute Gasteiger partial charge is 0.433 e. The second-order valence-corrected chi connectivity index (χ2v) is 4.44. The molecule has 0 aliphatic heterocycles. The van der Waals surface area contributed by atoms with Gasteiger partial charge in [0.05, 0.1) is 6.04 Å². The van der Waals surface area contributed by atoms with E-state index in [1.165, 1.54) is 6.92 Å². The first-order valence-electron chi connectivity index (χ1n) is 5.92. The molecule has 1 rings (SSSR count). The third kappa shape index (κ3) is 5.03. The predicted octanol–water partition coefficient (Wildman–Crippen LogP) is 0.560. The van der Waals surface area contributed by atoms with Crippen LogP contribution in [0.2, 0.25) is 0 Å². The Labute approximate surface area is 118 Å². The van der Waals surface area contributed by atoms with Crippen molar-refractivity contribution in [1.29, 1.82) is 0 Å². The van der Waals surface area contributed by atoms with Crippen molar-refractivity contribution in [2.45, 2.75) is 31.6 Å². The Kier molecular flexibility index (Phi) is 5.25. The number of alkyl halides is 3. The van der Waals surface area contributed by atoms with Gasteiger partial charge in [0.1, 0.15) is 11.7 Å². The summed E-state index contributed by atoms with van der Waals surface area (Å²) >= 11 is 0. The molecule has 0 saturated carbocycles. The largest absolute Gasteiger partial charge is 0.480 e. The van der Waals surface area contributed by atoms with E-state index >= 15 is 0 Å². The van der Waals surface area contributed by atoms with Gasteiger partial charge in [0.15, 0.2) is 0 Å². The molecule has 0 bridgehead atoms. The van der Waals surface area contributed by atoms with Gasteiger partial charge in [0.2, 0.25) is 5.91 Å². The van der Waals surface area contributed by atoms with E-state index in [1.807, 2.05) is 0 Å². The molecule has 0 radical (unpaired) electrons. The van der Waals surface area contributed by atoms with Gasteiger partial charge in [-0.05, 0) is 18.6 Å². The van der Waals surface area contributed by atoms with Crippen molar-refractivity contribution in [3.8, 4) is 0 Å². The van der Waals surface area contributed by atoms with E-state index in [2.05, 4.69) is 10.3 Å². The highest BCUT2D eigenvalue weighted by Gasteiger charge is 2.32. The van der Waals surface area contributed by atoms with Crippen LogP contribution in [0.4, 0.5) is 13.2 Å². The number of rotatable bonds is 5. The SMILES string of the molecule is C[C@H](N)C(=O)N[C@@H](Cc1ccc(C(F)(F)F)nc1)C(=O)O. The molecular formula is C12H14F3N3O3. The molecule has 0 aliphatic carbocycles. The number of amides is 1. The number of nitrogens with one attached hydrogen (secondary N) is 1. The van der Waals surface area contributed by atoms with Gasteiger partial charge >= 0.3 is 12.1 Å². The summed E-state index contributed by atoms with van der Waals surface area (Å²) in [6, 6.07) is -0.314. The molecule has 0 unspecified atom stereocenters. The molecule has 0 saturated heterocycles. The number of nitrogens with two attached hydrogens (primary N) is 1. The molecule has 4 N–H and O–H groups in total. The van der Waals surface area contributed by atoms with Crippen LogP contribution < -0.4 is 11.1 Å². The number of pyridine rings is 1. The van der Waals surface area contributed by atoms with Gasteiger partial charge in [-0.3, -0.25) is 9.78 Å². The Bertz CT molecular complexity index is 515. The molecule has 1 amide bonds. The molecule has 9 heteroatoms. The van der Waals surface area contributed by atoms with Gasteiger partial charge in [-0.15, -0.1) is 0 Å². The molecule has 21 heavy (non-hydrogen) atoms. The molecule has 2 atom stereocenters. The summed E-state index contributed by atoms with van der Waals surface area (Å²) < 4.78 is 37.0. The lowest BCUT2D eigenvalue weighted by molar-refractivity contribution is -0.142. The number of carboxylic acids is 1. The van der Waals surface area contributed by atoms with E-state index in [9.17, 15) is 22.8 Å². The Morgan fingerprint density at radius 2 is 2.05 bits per heavy atom. The maximum absolute atomic E-state index is 12.3. The van der Waals surface area contributed by atoms with E-state index in [0.29, 0.717) is 0 Å². The summed E-state index contributed by atoms with van der Waals surface area (Å²) in [5.74, 6) is -1.98. The molecule has 116 valence electrons. The van der Waals surface area contributed by atoms with E-state index in [-0.39, 0.29) is 12.0 Å². The molecule has 0 aromatic carbocycles. The summed E-state index contributed by atoms with van der Waals surface area (Å²) in [5, 5.41) is 11.2. The molecular weight excluding hydrogens is 291 g/mol. The molecule has 1 aromatic heterocycles. The fraction of sp³-hybridized carbons (Fsp3) is 0.417. The van der Waals surface area contributed by atoms with Gasteiger partial charge in [0, 0.05) is 12.6 Å². The lowest BCUT2D eigenvalue weighted by Gasteiger charge is -2.16. The highest BCUT2D eigenvalue weighted by atomic mass is 19.4. The first-order valence-corrected chi connectivity index (χ1v) is 5.92. The predicted molar refractivity (Wildman–Crippen MR) is 66.2 cm³/mol. The standard InChI is InChI=1S/C12H14F3N3O3/c1-6(16)10(19)18-8(11(20)21)4-7-2-3-9(17-5-7)12(13,14)15/h2-3,5-6,8H,4,16H2,1H3,(H,18,19)(H,20,21)/t6-,8-/m0/s1. The van der Waals surface area contributed by atoms with Crippen LogP contribution in [-0.2, 0) is 22.2 Å². The number of carbonyl (C=O) groups is 2. The van der Waals surface area contributed by atoms with Crippen LogP contribution in [0.1, 0.15) is 18.2 Å². The number of carboxylic acid groups (broad SMARTS) is 1. The van der Waals surface area contributed by atoms with Gasteiger partial charge < -0.3 is 16.2 Å². The Balaban J connectivity index is 2.81. The zero-order valence-electron chi connectivity index (χ0n) is 11.0. The second-order valence-electron chi connectivity index (χ2n) is 4.44. The summed E-state index contributed by atoms with van der Waals surface area (Å²) in [4.78, 5) is 25.6. The topological polar surface area (TPSA) is 105 Å². The second kappa shape index (κ2) is 6.53. The molecule has 1 aromatic rings. The maximum atomic E-state index is 12.3. The first-order chi connectivity index (χ1) is 9.61. The van der Waals surface area contributed by atoms with Crippen molar-refractivity contribution in [3.63, 3.8) is 0 Å². The average molecular weight is 305 g/mol. The number of aliphatic carboxylic acids is 1. The Hall–Kier alpha value is -2.16. The number of hydrogen-bond acceptors (Lipinski definition) is 4. The fourth-order valence-corrected chi connectivity index (χ4v) is 1.45. The summed E-state index contributed by atoms with van der Waals surface area (Å²) in [5.41, 5.74) is 4.48. The molecule has 0 fully saturated rings. The first kappa shape index (κ1) is 16.9. The molecule has 0 spiro atoms. The summed E-state index contributed by atoms with van der Waals surface area (Å²) in [6.45, 7) is 1.38. The Morgan fingerprint density at radius 3 is 2.43 bits per heavy atom. The van der Waals surface area contributed by atoms with Gasteiger partial charge in [0.25, 0.3) is 0 Å². The number of nitrogens with zero attached hydrogens (tertiary/aromatic N) is 1. The van der Waals surface area contributed by atoms with Gasteiger partial charge in [-0.25, -0.2) is 4.79 Å². The van der Waals surface area contributed by atoms with Crippen LogP contribution in [0.15, 0.2) is 18.3 Å². The van der Waals surface area contributed by atoms with Crippen LogP contribution in [0.25, 0.3) is 0 Å². The molecule has 0 aliphatic rings. The number of carbonyl (C=O) groups excluding carboxylic acids is 1. The monoisotopic (exact) mass is 305 g/mol. The van der Waals surface area contributed by atoms with Crippen molar-refractivity contribution in [2.24, 2.45) is 5.73 Å². The maximum Gasteiger partial charge on any atom is 0.433 e. The number of aromatic nitrogens is 1. The molecule has 1 heterocycles. The van der Waals surface area contributed by atoms with Crippen molar-refractivity contribution in [2.75, 3.05) is 0 Å². The quantitative estimate of drug-likeness (QED) is 0.737. The fourth-order valence-electron chi connectivity index (χ4n) is 1.45. The van der Waals surface area contributed by atoms with Crippen molar-refractivity contribution >= 4 is 11.9 Å². The van der Waals surface area contributed by atoms with E-state index in [4.69, 9.17) is 10.8 Å². The Morgan fingerprint density at radius 1 is 1.43 bits per heavy atom. The van der Waals surface area contributed by atoms with Gasteiger partial charge in [-0.1, -0.05) is 6.07 Å². The van der Waals surface area contributed by atoms with Crippen LogP contribution in [0.3, 0.4) is 0 Å². The third-order valence-electron chi connectivity index (χ3n) is 2.58. The average Bonchev–Trinajstić information content (AvgIpc) is 2.37. The van der Waals surface area contributed by atoms with Gasteiger partial charge in [-0.2, -0.15) is 13.2 Å². The van der Waals surface area contributed by atoms with E-state index in [1.54, 1.807) is 0 Å². The highest BCUT2D eigenvalue weighted by molar-refractivity contribution is 5.86. The van der Waals surface area contributed by atoms with Crippen LogP contribution in [0.5, 0.6) is 0 Å². The third-order valence-corrected chi connectivity index (χ3v) is 2.58. The normalized spacial score (nSPS) is 14.3.